The van der Waals surface area contributed by atoms with Crippen LogP contribution in [0.15, 0.2) is 29.2 Å². The molecule has 2 aliphatic carbocycles. The summed E-state index contributed by atoms with van der Waals surface area (Å²) in [4.78, 5) is 12.7. The molecular formula is C19H29ClN2O4S. The van der Waals surface area contributed by atoms with Crippen molar-refractivity contribution in [3.63, 3.8) is 0 Å². The zero-order valence-corrected chi connectivity index (χ0v) is 17.2. The van der Waals surface area contributed by atoms with Gasteiger partial charge in [0, 0.05) is 18.2 Å². The molecule has 0 radical (unpaired) electrons. The standard InChI is InChI=1S/C19H28N2O4S.ClH/c1-26(23,24)17-7-5-16(6-8-17)25-10-9-21-19(22)15-11-13-3-2-4-14(12-15)18(13)20;/h5-8,13-15,18H,2-4,9-12,20H2,1H3,(H,21,22);1H. The molecule has 3 rings (SSSR count). The molecule has 8 heteroatoms. The van der Waals surface area contributed by atoms with E-state index in [1.807, 2.05) is 0 Å². The van der Waals surface area contributed by atoms with E-state index in [-0.39, 0.29) is 35.2 Å². The molecule has 2 fully saturated rings. The van der Waals surface area contributed by atoms with Gasteiger partial charge in [-0.05, 0) is 61.8 Å². The predicted molar refractivity (Wildman–Crippen MR) is 107 cm³/mol. The molecule has 152 valence electrons. The molecule has 0 aliphatic heterocycles. The first-order valence-electron chi connectivity index (χ1n) is 9.31. The van der Waals surface area contributed by atoms with Crippen molar-refractivity contribution in [1.29, 1.82) is 0 Å². The molecule has 3 N–H and O–H groups in total. The van der Waals surface area contributed by atoms with Gasteiger partial charge in [-0.2, -0.15) is 0 Å². The van der Waals surface area contributed by atoms with E-state index in [1.165, 1.54) is 24.8 Å². The van der Waals surface area contributed by atoms with Crippen LogP contribution in [0, 0.1) is 17.8 Å². The van der Waals surface area contributed by atoms with Crippen LogP contribution in [0.3, 0.4) is 0 Å². The minimum atomic E-state index is -3.20. The summed E-state index contributed by atoms with van der Waals surface area (Å²) < 4.78 is 28.4. The van der Waals surface area contributed by atoms with Crippen molar-refractivity contribution in [2.24, 2.45) is 23.5 Å². The topological polar surface area (TPSA) is 98.5 Å². The Bertz CT molecular complexity index is 725. The van der Waals surface area contributed by atoms with Crippen LogP contribution in [0.5, 0.6) is 5.75 Å². The van der Waals surface area contributed by atoms with Crippen molar-refractivity contribution in [3.05, 3.63) is 24.3 Å². The minimum absolute atomic E-state index is 0. The van der Waals surface area contributed by atoms with Gasteiger partial charge in [0.15, 0.2) is 9.84 Å². The monoisotopic (exact) mass is 416 g/mol. The van der Waals surface area contributed by atoms with Gasteiger partial charge in [-0.1, -0.05) is 6.42 Å². The number of amides is 1. The molecule has 27 heavy (non-hydrogen) atoms. The Morgan fingerprint density at radius 2 is 1.78 bits per heavy atom. The van der Waals surface area contributed by atoms with Crippen LogP contribution in [0.1, 0.15) is 32.1 Å². The van der Waals surface area contributed by atoms with Gasteiger partial charge in [-0.3, -0.25) is 4.79 Å². The molecular weight excluding hydrogens is 388 g/mol. The summed E-state index contributed by atoms with van der Waals surface area (Å²) in [6.07, 6.45) is 6.50. The number of benzene rings is 1. The molecule has 2 atom stereocenters. The molecule has 2 aliphatic rings. The SMILES string of the molecule is CS(=O)(=O)c1ccc(OCCNC(=O)C2CC3CCCC(C2)C3N)cc1.Cl. The molecule has 0 aromatic heterocycles. The maximum atomic E-state index is 12.4. The van der Waals surface area contributed by atoms with Gasteiger partial charge < -0.3 is 15.8 Å². The van der Waals surface area contributed by atoms with E-state index in [2.05, 4.69) is 5.32 Å². The molecule has 1 amide bonds. The first-order chi connectivity index (χ1) is 12.3. The number of sulfone groups is 1. The number of carbonyl (C=O) groups excluding carboxylic acids is 1. The van der Waals surface area contributed by atoms with E-state index in [0.29, 0.717) is 30.7 Å². The lowest BCUT2D eigenvalue weighted by Gasteiger charge is -2.43. The highest BCUT2D eigenvalue weighted by Gasteiger charge is 2.40. The van der Waals surface area contributed by atoms with E-state index in [0.717, 1.165) is 25.7 Å². The Morgan fingerprint density at radius 1 is 1.19 bits per heavy atom. The van der Waals surface area contributed by atoms with Crippen molar-refractivity contribution < 1.29 is 17.9 Å². The Hall–Kier alpha value is -1.31. The summed E-state index contributed by atoms with van der Waals surface area (Å²) in [7, 11) is -3.20. The summed E-state index contributed by atoms with van der Waals surface area (Å²) >= 11 is 0. The van der Waals surface area contributed by atoms with E-state index in [1.54, 1.807) is 12.1 Å². The number of nitrogens with one attached hydrogen (secondary N) is 1. The number of halogens is 1. The lowest BCUT2D eigenvalue weighted by molar-refractivity contribution is -0.128. The Balaban J connectivity index is 0.00000261. The molecule has 0 saturated heterocycles. The Morgan fingerprint density at radius 3 is 2.33 bits per heavy atom. The Labute approximate surface area is 167 Å². The lowest BCUT2D eigenvalue weighted by Crippen LogP contribution is -2.49. The number of carbonyl (C=O) groups is 1. The second-order valence-electron chi connectivity index (χ2n) is 7.58. The largest absolute Gasteiger partial charge is 0.492 e. The van der Waals surface area contributed by atoms with Crippen molar-refractivity contribution in [3.8, 4) is 5.75 Å². The van der Waals surface area contributed by atoms with Crippen LogP contribution in [-0.4, -0.2) is 39.8 Å². The molecule has 2 bridgehead atoms. The number of nitrogens with two attached hydrogens (primary N) is 1. The highest BCUT2D eigenvalue weighted by molar-refractivity contribution is 7.90. The van der Waals surface area contributed by atoms with E-state index < -0.39 is 9.84 Å². The zero-order chi connectivity index (χ0) is 18.7. The average Bonchev–Trinajstić information content (AvgIpc) is 2.58. The van der Waals surface area contributed by atoms with Gasteiger partial charge >= 0.3 is 0 Å². The summed E-state index contributed by atoms with van der Waals surface area (Å²) in [6.45, 7) is 0.785. The van der Waals surface area contributed by atoms with Crippen LogP contribution in [0.25, 0.3) is 0 Å². The molecule has 6 nitrogen and oxygen atoms in total. The molecule has 1 aromatic carbocycles. The van der Waals surface area contributed by atoms with E-state index >= 15 is 0 Å². The van der Waals surface area contributed by atoms with Crippen molar-refractivity contribution in [2.75, 3.05) is 19.4 Å². The lowest BCUT2D eigenvalue weighted by atomic mass is 9.65. The zero-order valence-electron chi connectivity index (χ0n) is 15.6. The third kappa shape index (κ3) is 5.59. The highest BCUT2D eigenvalue weighted by atomic mass is 35.5. The first-order valence-corrected chi connectivity index (χ1v) is 11.2. The number of ether oxygens (including phenoxy) is 1. The van der Waals surface area contributed by atoms with Crippen molar-refractivity contribution in [2.45, 2.75) is 43.0 Å². The van der Waals surface area contributed by atoms with Crippen molar-refractivity contribution in [1.82, 2.24) is 5.32 Å². The van der Waals surface area contributed by atoms with Crippen LogP contribution in [0.2, 0.25) is 0 Å². The van der Waals surface area contributed by atoms with Gasteiger partial charge in [0.25, 0.3) is 0 Å². The van der Waals surface area contributed by atoms with Crippen LogP contribution < -0.4 is 15.8 Å². The second-order valence-corrected chi connectivity index (χ2v) is 9.60. The number of hydrogen-bond donors (Lipinski definition) is 2. The Kier molecular flexibility index (Phi) is 7.54. The van der Waals surface area contributed by atoms with Crippen LogP contribution >= 0.6 is 12.4 Å². The number of fused-ring (bicyclic) bond motifs is 2. The fourth-order valence-corrected chi connectivity index (χ4v) is 4.90. The van der Waals surface area contributed by atoms with E-state index in [4.69, 9.17) is 10.5 Å². The summed E-state index contributed by atoms with van der Waals surface area (Å²) in [5.74, 6) is 1.74. The third-order valence-corrected chi connectivity index (χ3v) is 6.83. The number of hydrogen-bond acceptors (Lipinski definition) is 5. The number of rotatable bonds is 6. The third-order valence-electron chi connectivity index (χ3n) is 5.71. The summed E-state index contributed by atoms with van der Waals surface area (Å²) in [6, 6.07) is 6.57. The normalized spacial score (nSPS) is 27.3. The van der Waals surface area contributed by atoms with Gasteiger partial charge in [0.2, 0.25) is 5.91 Å². The van der Waals surface area contributed by atoms with E-state index in [9.17, 15) is 13.2 Å². The second kappa shape index (κ2) is 9.26. The fraction of sp³-hybridized carbons (Fsp3) is 0.632. The molecule has 1 aromatic rings. The van der Waals surface area contributed by atoms with Crippen LogP contribution in [0.4, 0.5) is 0 Å². The quantitative estimate of drug-likeness (QED) is 0.692. The summed E-state index contributed by atoms with van der Waals surface area (Å²) in [5.41, 5.74) is 6.28. The smallest absolute Gasteiger partial charge is 0.223 e. The van der Waals surface area contributed by atoms with Crippen LogP contribution in [-0.2, 0) is 14.6 Å². The van der Waals surface area contributed by atoms with Gasteiger partial charge in [0.05, 0.1) is 11.4 Å². The summed E-state index contributed by atoms with van der Waals surface area (Å²) in [5, 5.41) is 2.96. The fourth-order valence-electron chi connectivity index (χ4n) is 4.27. The highest BCUT2D eigenvalue weighted by Crippen LogP contribution is 2.41. The van der Waals surface area contributed by atoms with Gasteiger partial charge in [-0.25, -0.2) is 8.42 Å². The van der Waals surface area contributed by atoms with Gasteiger partial charge in [-0.15, -0.1) is 12.4 Å². The minimum Gasteiger partial charge on any atom is -0.492 e. The molecule has 2 unspecified atom stereocenters. The van der Waals surface area contributed by atoms with Gasteiger partial charge in [0.1, 0.15) is 12.4 Å². The average molecular weight is 417 g/mol. The maximum Gasteiger partial charge on any atom is 0.223 e. The first kappa shape index (κ1) is 22.0. The maximum absolute atomic E-state index is 12.4. The molecule has 0 heterocycles. The molecule has 0 spiro atoms. The predicted octanol–water partition coefficient (Wildman–Crippen LogP) is 2.16. The molecule has 2 saturated carbocycles. The van der Waals surface area contributed by atoms with Crippen molar-refractivity contribution >= 4 is 28.2 Å².